The van der Waals surface area contributed by atoms with E-state index in [9.17, 15) is 0 Å². The maximum absolute atomic E-state index is 5.43. The SMILES string of the molecule is COc1ccc(-c2n[nH]c3ccc(-c4n[nH]c(CC(C)C)n4)cc23)cc1OC. The van der Waals surface area contributed by atoms with Crippen LogP contribution in [0, 0.1) is 5.92 Å². The molecule has 0 saturated heterocycles. The predicted octanol–water partition coefficient (Wildman–Crippen LogP) is 4.23. The molecule has 2 heterocycles. The molecule has 0 atom stereocenters. The van der Waals surface area contributed by atoms with Crippen LogP contribution >= 0.6 is 0 Å². The van der Waals surface area contributed by atoms with E-state index >= 15 is 0 Å². The lowest BCUT2D eigenvalue weighted by atomic mass is 10.0. The molecule has 0 aliphatic heterocycles. The summed E-state index contributed by atoms with van der Waals surface area (Å²) in [5.41, 5.74) is 3.68. The fourth-order valence-corrected chi connectivity index (χ4v) is 3.26. The molecule has 0 spiro atoms. The van der Waals surface area contributed by atoms with Crippen molar-refractivity contribution in [2.45, 2.75) is 20.3 Å². The van der Waals surface area contributed by atoms with Gasteiger partial charge in [0.1, 0.15) is 11.5 Å². The summed E-state index contributed by atoms with van der Waals surface area (Å²) >= 11 is 0. The first-order chi connectivity index (χ1) is 13.6. The van der Waals surface area contributed by atoms with Crippen molar-refractivity contribution < 1.29 is 9.47 Å². The summed E-state index contributed by atoms with van der Waals surface area (Å²) in [4.78, 5) is 4.63. The third kappa shape index (κ3) is 3.31. The van der Waals surface area contributed by atoms with Crippen LogP contribution in [0.1, 0.15) is 19.7 Å². The second-order valence-corrected chi connectivity index (χ2v) is 7.11. The normalized spacial score (nSPS) is 11.3. The Kier molecular flexibility index (Phi) is 4.73. The Labute approximate surface area is 163 Å². The molecular weight excluding hydrogens is 354 g/mol. The van der Waals surface area contributed by atoms with Crippen molar-refractivity contribution in [3.63, 3.8) is 0 Å². The van der Waals surface area contributed by atoms with Crippen molar-refractivity contribution in [2.24, 2.45) is 5.92 Å². The first-order valence-electron chi connectivity index (χ1n) is 9.21. The van der Waals surface area contributed by atoms with Crippen molar-refractivity contribution in [1.82, 2.24) is 25.4 Å². The second kappa shape index (κ2) is 7.34. The van der Waals surface area contributed by atoms with Gasteiger partial charge in [-0.3, -0.25) is 10.2 Å². The first-order valence-corrected chi connectivity index (χ1v) is 9.21. The van der Waals surface area contributed by atoms with Crippen LogP contribution in [0.25, 0.3) is 33.5 Å². The molecule has 4 aromatic rings. The van der Waals surface area contributed by atoms with Crippen LogP contribution in [0.2, 0.25) is 0 Å². The minimum absolute atomic E-state index is 0.522. The minimum atomic E-state index is 0.522. The Morgan fingerprint density at radius 2 is 1.68 bits per heavy atom. The smallest absolute Gasteiger partial charge is 0.181 e. The summed E-state index contributed by atoms with van der Waals surface area (Å²) in [7, 11) is 3.25. The number of hydrogen-bond acceptors (Lipinski definition) is 5. The molecule has 0 bridgehead atoms. The molecule has 4 rings (SSSR count). The average Bonchev–Trinajstić information content (AvgIpc) is 3.33. The predicted molar refractivity (Wildman–Crippen MR) is 109 cm³/mol. The number of aromatic amines is 2. The van der Waals surface area contributed by atoms with Crippen molar-refractivity contribution in [2.75, 3.05) is 14.2 Å². The number of benzene rings is 2. The van der Waals surface area contributed by atoms with Gasteiger partial charge in [0.25, 0.3) is 0 Å². The van der Waals surface area contributed by atoms with Crippen molar-refractivity contribution in [1.29, 1.82) is 0 Å². The van der Waals surface area contributed by atoms with E-state index in [0.717, 1.165) is 40.0 Å². The highest BCUT2D eigenvalue weighted by Crippen LogP contribution is 2.35. The maximum atomic E-state index is 5.43. The lowest BCUT2D eigenvalue weighted by Gasteiger charge is -2.08. The monoisotopic (exact) mass is 377 g/mol. The lowest BCUT2D eigenvalue weighted by Crippen LogP contribution is -1.95. The van der Waals surface area contributed by atoms with Crippen molar-refractivity contribution in [3.05, 3.63) is 42.2 Å². The molecule has 2 aromatic heterocycles. The number of rotatable bonds is 6. The summed E-state index contributed by atoms with van der Waals surface area (Å²) in [6.45, 7) is 4.32. The molecule has 0 fully saturated rings. The molecule has 0 unspecified atom stereocenters. The average molecular weight is 377 g/mol. The molecule has 7 nitrogen and oxygen atoms in total. The Bertz CT molecular complexity index is 1110. The number of H-pyrrole nitrogens is 2. The van der Waals surface area contributed by atoms with Gasteiger partial charge in [0, 0.05) is 22.9 Å². The highest BCUT2D eigenvalue weighted by Gasteiger charge is 2.14. The molecule has 2 aromatic carbocycles. The van der Waals surface area contributed by atoms with Crippen LogP contribution in [0.3, 0.4) is 0 Å². The zero-order valence-corrected chi connectivity index (χ0v) is 16.4. The van der Waals surface area contributed by atoms with E-state index in [-0.39, 0.29) is 0 Å². The molecule has 7 heteroatoms. The number of fused-ring (bicyclic) bond motifs is 1. The molecular formula is C21H23N5O2. The van der Waals surface area contributed by atoms with Crippen molar-refractivity contribution in [3.8, 4) is 34.1 Å². The molecule has 0 radical (unpaired) electrons. The Hall–Kier alpha value is -3.35. The first kappa shape index (κ1) is 18.0. The third-order valence-electron chi connectivity index (χ3n) is 4.61. The van der Waals surface area contributed by atoms with Crippen LogP contribution in [0.15, 0.2) is 36.4 Å². The van der Waals surface area contributed by atoms with E-state index in [0.29, 0.717) is 23.2 Å². The van der Waals surface area contributed by atoms with E-state index in [1.807, 2.05) is 30.3 Å². The van der Waals surface area contributed by atoms with Gasteiger partial charge < -0.3 is 9.47 Å². The topological polar surface area (TPSA) is 88.7 Å². The summed E-state index contributed by atoms with van der Waals surface area (Å²) in [6, 6.07) is 11.8. The number of hydrogen-bond donors (Lipinski definition) is 2. The summed E-state index contributed by atoms with van der Waals surface area (Å²) < 4.78 is 10.8. The van der Waals surface area contributed by atoms with Crippen LogP contribution in [-0.2, 0) is 6.42 Å². The summed E-state index contributed by atoms with van der Waals surface area (Å²) in [6.07, 6.45) is 0.873. The van der Waals surface area contributed by atoms with Crippen LogP contribution in [-0.4, -0.2) is 39.6 Å². The molecule has 0 amide bonds. The molecule has 144 valence electrons. The quantitative estimate of drug-likeness (QED) is 0.525. The van der Waals surface area contributed by atoms with Gasteiger partial charge in [0.15, 0.2) is 17.3 Å². The van der Waals surface area contributed by atoms with E-state index in [2.05, 4.69) is 45.3 Å². The number of ether oxygens (including phenoxy) is 2. The van der Waals surface area contributed by atoms with E-state index in [4.69, 9.17) is 9.47 Å². The van der Waals surface area contributed by atoms with E-state index in [1.165, 1.54) is 0 Å². The fourth-order valence-electron chi connectivity index (χ4n) is 3.26. The zero-order valence-electron chi connectivity index (χ0n) is 16.4. The fraction of sp³-hybridized carbons (Fsp3) is 0.286. The molecule has 2 N–H and O–H groups in total. The van der Waals surface area contributed by atoms with E-state index < -0.39 is 0 Å². The number of methoxy groups -OCH3 is 2. The Morgan fingerprint density at radius 3 is 2.43 bits per heavy atom. The lowest BCUT2D eigenvalue weighted by molar-refractivity contribution is 0.355. The van der Waals surface area contributed by atoms with Gasteiger partial charge in [-0.2, -0.15) is 10.2 Å². The molecule has 0 aliphatic carbocycles. The van der Waals surface area contributed by atoms with E-state index in [1.54, 1.807) is 14.2 Å². The standard InChI is InChI=1S/C21H23N5O2/c1-12(2)9-19-22-21(26-24-19)14-5-7-16-15(10-14)20(25-23-16)13-6-8-17(27-3)18(11-13)28-4/h5-8,10-12H,9H2,1-4H3,(H,23,25)(H,22,24,26). The number of nitrogens with one attached hydrogen (secondary N) is 2. The van der Waals surface area contributed by atoms with Crippen LogP contribution in [0.4, 0.5) is 0 Å². The van der Waals surface area contributed by atoms with Crippen LogP contribution < -0.4 is 9.47 Å². The van der Waals surface area contributed by atoms with Gasteiger partial charge in [0.2, 0.25) is 0 Å². The Balaban J connectivity index is 1.75. The van der Waals surface area contributed by atoms with Gasteiger partial charge in [-0.1, -0.05) is 13.8 Å². The van der Waals surface area contributed by atoms with Crippen molar-refractivity contribution >= 4 is 10.9 Å². The highest BCUT2D eigenvalue weighted by atomic mass is 16.5. The van der Waals surface area contributed by atoms with Gasteiger partial charge in [-0.05, 0) is 42.3 Å². The minimum Gasteiger partial charge on any atom is -0.493 e. The van der Waals surface area contributed by atoms with Gasteiger partial charge >= 0.3 is 0 Å². The zero-order chi connectivity index (χ0) is 19.7. The molecule has 0 aliphatic rings. The second-order valence-electron chi connectivity index (χ2n) is 7.11. The number of nitrogens with zero attached hydrogens (tertiary/aromatic N) is 3. The highest BCUT2D eigenvalue weighted by molar-refractivity contribution is 5.95. The summed E-state index contributed by atoms with van der Waals surface area (Å²) in [5, 5.41) is 16.0. The Morgan fingerprint density at radius 1 is 0.893 bits per heavy atom. The van der Waals surface area contributed by atoms with Crippen LogP contribution in [0.5, 0.6) is 11.5 Å². The molecule has 28 heavy (non-hydrogen) atoms. The molecule has 0 saturated carbocycles. The largest absolute Gasteiger partial charge is 0.493 e. The van der Waals surface area contributed by atoms with Gasteiger partial charge in [0.05, 0.1) is 19.7 Å². The van der Waals surface area contributed by atoms with Gasteiger partial charge in [-0.25, -0.2) is 4.98 Å². The van der Waals surface area contributed by atoms with Gasteiger partial charge in [-0.15, -0.1) is 0 Å². The number of aromatic nitrogens is 5. The maximum Gasteiger partial charge on any atom is 0.181 e. The third-order valence-corrected chi connectivity index (χ3v) is 4.61. The summed E-state index contributed by atoms with van der Waals surface area (Å²) in [5.74, 6) is 3.47.